The zero-order chi connectivity index (χ0) is 11.5. The number of alkyl halides is 3. The number of anilines is 1. The molecule has 0 spiro atoms. The molecule has 0 fully saturated rings. The molecule has 0 saturated heterocycles. The van der Waals surface area contributed by atoms with Crippen LogP contribution in [0.5, 0.6) is 0 Å². The van der Waals surface area contributed by atoms with E-state index in [0.717, 1.165) is 6.07 Å². The van der Waals surface area contributed by atoms with E-state index >= 15 is 0 Å². The lowest BCUT2D eigenvalue weighted by atomic mass is 10.3. The molecule has 0 bridgehead atoms. The van der Waals surface area contributed by atoms with Crippen molar-refractivity contribution >= 4 is 5.82 Å². The van der Waals surface area contributed by atoms with Crippen LogP contribution in [0.2, 0.25) is 0 Å². The van der Waals surface area contributed by atoms with Crippen molar-refractivity contribution in [2.45, 2.75) is 6.18 Å². The standard InChI is InChI=1S/C9H12F3N3/c1-15(6-5-13)8-4-2-3-7(14-8)9(10,11)12/h2-4H,5-6,13H2,1H3. The molecule has 3 nitrogen and oxygen atoms in total. The summed E-state index contributed by atoms with van der Waals surface area (Å²) in [5, 5.41) is 0. The average Bonchev–Trinajstić information content (AvgIpc) is 2.17. The summed E-state index contributed by atoms with van der Waals surface area (Å²) in [6, 6.07) is 3.79. The van der Waals surface area contributed by atoms with E-state index in [9.17, 15) is 13.2 Å². The van der Waals surface area contributed by atoms with Crippen LogP contribution in [0, 0.1) is 0 Å². The van der Waals surface area contributed by atoms with Crippen LogP contribution in [-0.4, -0.2) is 25.1 Å². The van der Waals surface area contributed by atoms with Crippen molar-refractivity contribution in [3.8, 4) is 0 Å². The predicted molar refractivity (Wildman–Crippen MR) is 51.6 cm³/mol. The molecule has 1 rings (SSSR count). The van der Waals surface area contributed by atoms with Gasteiger partial charge in [-0.15, -0.1) is 0 Å². The van der Waals surface area contributed by atoms with Crippen LogP contribution in [0.25, 0.3) is 0 Å². The molecule has 1 aromatic heterocycles. The maximum atomic E-state index is 12.3. The van der Waals surface area contributed by atoms with E-state index in [-0.39, 0.29) is 5.82 Å². The molecule has 0 aliphatic rings. The minimum Gasteiger partial charge on any atom is -0.358 e. The number of nitrogens with two attached hydrogens (primary N) is 1. The fraction of sp³-hybridized carbons (Fsp3) is 0.444. The predicted octanol–water partition coefficient (Wildman–Crippen LogP) is 1.50. The number of aromatic nitrogens is 1. The van der Waals surface area contributed by atoms with Gasteiger partial charge in [-0.2, -0.15) is 13.2 Å². The molecular weight excluding hydrogens is 207 g/mol. The van der Waals surface area contributed by atoms with Gasteiger partial charge in [-0.3, -0.25) is 0 Å². The highest BCUT2D eigenvalue weighted by Crippen LogP contribution is 2.28. The van der Waals surface area contributed by atoms with Gasteiger partial charge in [-0.25, -0.2) is 4.98 Å². The SMILES string of the molecule is CN(CCN)c1cccc(C(F)(F)F)n1. The van der Waals surface area contributed by atoms with Crippen molar-refractivity contribution in [2.24, 2.45) is 5.73 Å². The first-order chi connectivity index (χ1) is 6.95. The first-order valence-electron chi connectivity index (χ1n) is 4.40. The maximum absolute atomic E-state index is 12.3. The Kier molecular flexibility index (Phi) is 3.52. The van der Waals surface area contributed by atoms with Crippen LogP contribution in [0.4, 0.5) is 19.0 Å². The molecule has 0 radical (unpaired) electrons. The highest BCUT2D eigenvalue weighted by Gasteiger charge is 2.32. The van der Waals surface area contributed by atoms with Crippen LogP contribution in [0.3, 0.4) is 0 Å². The van der Waals surface area contributed by atoms with Gasteiger partial charge in [0.1, 0.15) is 11.5 Å². The second kappa shape index (κ2) is 4.48. The van der Waals surface area contributed by atoms with Gasteiger partial charge in [0.05, 0.1) is 0 Å². The molecule has 2 N–H and O–H groups in total. The molecule has 0 saturated carbocycles. The average molecular weight is 219 g/mol. The quantitative estimate of drug-likeness (QED) is 0.837. The summed E-state index contributed by atoms with van der Waals surface area (Å²) in [4.78, 5) is 5.09. The fourth-order valence-electron chi connectivity index (χ4n) is 1.10. The monoisotopic (exact) mass is 219 g/mol. The highest BCUT2D eigenvalue weighted by molar-refractivity contribution is 5.38. The molecular formula is C9H12F3N3. The Hall–Kier alpha value is -1.30. The number of likely N-dealkylation sites (N-methyl/N-ethyl adjacent to an activating group) is 1. The van der Waals surface area contributed by atoms with E-state index < -0.39 is 11.9 Å². The molecule has 0 unspecified atom stereocenters. The van der Waals surface area contributed by atoms with Crippen LogP contribution in [0.15, 0.2) is 18.2 Å². The van der Waals surface area contributed by atoms with Crippen molar-refractivity contribution in [3.63, 3.8) is 0 Å². The Morgan fingerprint density at radius 1 is 1.40 bits per heavy atom. The first kappa shape index (κ1) is 11.8. The molecule has 0 atom stereocenters. The van der Waals surface area contributed by atoms with E-state index in [4.69, 9.17) is 5.73 Å². The number of pyridine rings is 1. The summed E-state index contributed by atoms with van der Waals surface area (Å²) in [6.45, 7) is 0.836. The second-order valence-electron chi connectivity index (χ2n) is 3.09. The summed E-state index contributed by atoms with van der Waals surface area (Å²) < 4.78 is 36.9. The molecule has 84 valence electrons. The fourth-order valence-corrected chi connectivity index (χ4v) is 1.10. The topological polar surface area (TPSA) is 42.1 Å². The lowest BCUT2D eigenvalue weighted by molar-refractivity contribution is -0.141. The van der Waals surface area contributed by atoms with Crippen molar-refractivity contribution in [3.05, 3.63) is 23.9 Å². The van der Waals surface area contributed by atoms with Crippen LogP contribution < -0.4 is 10.6 Å². The van der Waals surface area contributed by atoms with Crippen molar-refractivity contribution in [1.82, 2.24) is 4.98 Å². The molecule has 0 aliphatic heterocycles. The van der Waals surface area contributed by atoms with Gasteiger partial charge in [0.2, 0.25) is 0 Å². The number of hydrogen-bond acceptors (Lipinski definition) is 3. The minimum atomic E-state index is -4.40. The molecule has 0 aliphatic carbocycles. The maximum Gasteiger partial charge on any atom is 0.433 e. The Labute approximate surface area is 85.7 Å². The Morgan fingerprint density at radius 3 is 2.60 bits per heavy atom. The van der Waals surface area contributed by atoms with E-state index in [2.05, 4.69) is 4.98 Å². The molecule has 15 heavy (non-hydrogen) atoms. The first-order valence-corrected chi connectivity index (χ1v) is 4.40. The van der Waals surface area contributed by atoms with E-state index in [0.29, 0.717) is 13.1 Å². The van der Waals surface area contributed by atoms with Gasteiger partial charge in [-0.1, -0.05) is 6.07 Å². The zero-order valence-electron chi connectivity index (χ0n) is 8.25. The minimum absolute atomic E-state index is 0.273. The lowest BCUT2D eigenvalue weighted by Gasteiger charge is -2.18. The molecule has 1 heterocycles. The summed E-state index contributed by atoms with van der Waals surface area (Å²) in [6.07, 6.45) is -4.40. The van der Waals surface area contributed by atoms with E-state index in [1.54, 1.807) is 11.9 Å². The van der Waals surface area contributed by atoms with Crippen molar-refractivity contribution < 1.29 is 13.2 Å². The summed E-state index contributed by atoms with van der Waals surface area (Å²) in [5.41, 5.74) is 4.41. The number of nitrogens with zero attached hydrogens (tertiary/aromatic N) is 2. The Bertz CT molecular complexity index is 325. The Morgan fingerprint density at radius 2 is 2.07 bits per heavy atom. The summed E-state index contributed by atoms with van der Waals surface area (Å²) in [7, 11) is 1.65. The van der Waals surface area contributed by atoms with Gasteiger partial charge in [0.15, 0.2) is 0 Å². The third-order valence-electron chi connectivity index (χ3n) is 1.88. The molecule has 0 aromatic carbocycles. The van der Waals surface area contributed by atoms with E-state index in [1.165, 1.54) is 12.1 Å². The second-order valence-corrected chi connectivity index (χ2v) is 3.09. The third-order valence-corrected chi connectivity index (χ3v) is 1.88. The van der Waals surface area contributed by atoms with Gasteiger partial charge in [-0.05, 0) is 12.1 Å². The van der Waals surface area contributed by atoms with E-state index in [1.807, 2.05) is 0 Å². The summed E-state index contributed by atoms with van der Waals surface area (Å²) >= 11 is 0. The van der Waals surface area contributed by atoms with Gasteiger partial charge < -0.3 is 10.6 Å². The van der Waals surface area contributed by atoms with Gasteiger partial charge in [0, 0.05) is 20.1 Å². The van der Waals surface area contributed by atoms with Crippen LogP contribution in [0.1, 0.15) is 5.69 Å². The number of halogens is 3. The normalized spacial score (nSPS) is 11.5. The van der Waals surface area contributed by atoms with Crippen molar-refractivity contribution in [2.75, 3.05) is 25.0 Å². The number of hydrogen-bond donors (Lipinski definition) is 1. The molecule has 0 amide bonds. The highest BCUT2D eigenvalue weighted by atomic mass is 19.4. The third kappa shape index (κ3) is 3.09. The van der Waals surface area contributed by atoms with Gasteiger partial charge in [0.25, 0.3) is 0 Å². The smallest absolute Gasteiger partial charge is 0.358 e. The Balaban J connectivity index is 2.92. The molecule has 1 aromatic rings. The summed E-state index contributed by atoms with van der Waals surface area (Å²) in [5.74, 6) is 0.273. The van der Waals surface area contributed by atoms with Crippen molar-refractivity contribution in [1.29, 1.82) is 0 Å². The number of rotatable bonds is 3. The lowest BCUT2D eigenvalue weighted by Crippen LogP contribution is -2.26. The zero-order valence-corrected chi connectivity index (χ0v) is 8.25. The largest absolute Gasteiger partial charge is 0.433 e. The van der Waals surface area contributed by atoms with Gasteiger partial charge >= 0.3 is 6.18 Å². The molecule has 6 heteroatoms. The van der Waals surface area contributed by atoms with Crippen LogP contribution >= 0.6 is 0 Å². The van der Waals surface area contributed by atoms with Crippen LogP contribution in [-0.2, 0) is 6.18 Å².